The van der Waals surface area contributed by atoms with Gasteiger partial charge in [-0.2, -0.15) is 22.0 Å². The molecule has 0 fully saturated rings. The van der Waals surface area contributed by atoms with Crippen LogP contribution in [0.5, 0.6) is 0 Å². The molecule has 0 atom stereocenters. The summed E-state index contributed by atoms with van der Waals surface area (Å²) < 4.78 is 63.6. The largest absolute Gasteiger partial charge is 0.459 e. The smallest absolute Gasteiger partial charge is 0.368 e. The van der Waals surface area contributed by atoms with E-state index in [1.54, 1.807) is 0 Å². The van der Waals surface area contributed by atoms with Gasteiger partial charge in [0.1, 0.15) is 0 Å². The highest BCUT2D eigenvalue weighted by molar-refractivity contribution is 5.27. The first-order chi connectivity index (χ1) is 5.75. The van der Waals surface area contributed by atoms with Crippen molar-refractivity contribution in [2.45, 2.75) is 12.1 Å². The topological polar surface area (TPSA) is 52.0 Å². The van der Waals surface area contributed by atoms with Crippen molar-refractivity contribution in [3.63, 3.8) is 0 Å². The van der Waals surface area contributed by atoms with Crippen molar-refractivity contribution in [1.82, 2.24) is 5.16 Å². The van der Waals surface area contributed by atoms with Crippen LogP contribution >= 0.6 is 0 Å². The molecule has 0 unspecified atom stereocenters. The van der Waals surface area contributed by atoms with Crippen molar-refractivity contribution in [3.05, 3.63) is 11.8 Å². The van der Waals surface area contributed by atoms with Crippen molar-refractivity contribution in [3.8, 4) is 0 Å². The Bertz CT molecular complexity index is 304. The number of hydrogen-bond donors (Lipinski definition) is 1. The maximum absolute atomic E-state index is 12.4. The van der Waals surface area contributed by atoms with Crippen LogP contribution in [0.3, 0.4) is 0 Å². The second-order valence-electron chi connectivity index (χ2n) is 2.19. The molecular formula is C5H3F5N2O. The molecule has 0 aliphatic heterocycles. The van der Waals surface area contributed by atoms with Crippen LogP contribution in [0.1, 0.15) is 5.69 Å². The number of nitrogens with zero attached hydrogens (tertiary/aromatic N) is 1. The van der Waals surface area contributed by atoms with Crippen molar-refractivity contribution in [2.75, 3.05) is 5.73 Å². The highest BCUT2D eigenvalue weighted by atomic mass is 19.4. The van der Waals surface area contributed by atoms with Gasteiger partial charge in [-0.15, -0.1) is 0 Å². The van der Waals surface area contributed by atoms with Gasteiger partial charge >= 0.3 is 12.1 Å². The van der Waals surface area contributed by atoms with E-state index in [4.69, 9.17) is 5.73 Å². The van der Waals surface area contributed by atoms with Gasteiger partial charge in [-0.3, -0.25) is 0 Å². The van der Waals surface area contributed by atoms with Gasteiger partial charge in [0.2, 0.25) is 5.88 Å². The number of aromatic nitrogens is 1. The Balaban J connectivity index is 3.07. The van der Waals surface area contributed by atoms with Crippen LogP contribution in [-0.2, 0) is 5.92 Å². The van der Waals surface area contributed by atoms with E-state index in [1.807, 2.05) is 0 Å². The Morgan fingerprint density at radius 1 is 1.23 bits per heavy atom. The average molecular weight is 202 g/mol. The molecule has 0 amide bonds. The van der Waals surface area contributed by atoms with E-state index in [1.165, 1.54) is 0 Å². The van der Waals surface area contributed by atoms with Gasteiger partial charge in [-0.25, -0.2) is 0 Å². The van der Waals surface area contributed by atoms with Gasteiger partial charge in [0.25, 0.3) is 0 Å². The number of rotatable bonds is 1. The molecule has 1 aromatic heterocycles. The number of hydrogen-bond acceptors (Lipinski definition) is 3. The average Bonchev–Trinajstić information content (AvgIpc) is 2.33. The molecule has 74 valence electrons. The summed E-state index contributed by atoms with van der Waals surface area (Å²) in [6.07, 6.45) is -5.70. The fourth-order valence-electron chi connectivity index (χ4n) is 0.583. The molecule has 1 heterocycles. The van der Waals surface area contributed by atoms with Crippen LogP contribution in [-0.4, -0.2) is 11.3 Å². The first-order valence-electron chi connectivity index (χ1n) is 2.92. The van der Waals surface area contributed by atoms with Gasteiger partial charge in [-0.05, 0) is 0 Å². The molecule has 2 N–H and O–H groups in total. The molecule has 0 spiro atoms. The molecule has 3 nitrogen and oxygen atoms in total. The third-order valence-electron chi connectivity index (χ3n) is 1.21. The number of nitrogen functional groups attached to an aromatic ring is 1. The minimum atomic E-state index is -5.70. The van der Waals surface area contributed by atoms with Crippen LogP contribution < -0.4 is 5.73 Å². The zero-order valence-electron chi connectivity index (χ0n) is 5.90. The quantitative estimate of drug-likeness (QED) is 0.707. The summed E-state index contributed by atoms with van der Waals surface area (Å²) in [5.74, 6) is -5.63. The lowest BCUT2D eigenvalue weighted by Gasteiger charge is -2.15. The number of anilines is 1. The van der Waals surface area contributed by atoms with E-state index < -0.39 is 23.7 Å². The Morgan fingerprint density at radius 2 is 1.77 bits per heavy atom. The van der Waals surface area contributed by atoms with Crippen LogP contribution in [0, 0.1) is 0 Å². The summed E-state index contributed by atoms with van der Waals surface area (Å²) >= 11 is 0. The first-order valence-corrected chi connectivity index (χ1v) is 2.92. The molecule has 0 aliphatic rings. The van der Waals surface area contributed by atoms with Crippen LogP contribution in [0.25, 0.3) is 0 Å². The first kappa shape index (κ1) is 9.75. The van der Waals surface area contributed by atoms with Gasteiger partial charge in [0.05, 0.1) is 0 Å². The van der Waals surface area contributed by atoms with Crippen LogP contribution in [0.4, 0.5) is 27.8 Å². The predicted octanol–water partition coefficient (Wildman–Crippen LogP) is 1.91. The lowest BCUT2D eigenvalue weighted by molar-refractivity contribution is -0.291. The Kier molecular flexibility index (Phi) is 1.93. The second-order valence-corrected chi connectivity index (χ2v) is 2.19. The van der Waals surface area contributed by atoms with Gasteiger partial charge in [-0.1, -0.05) is 5.16 Å². The molecule has 1 aromatic rings. The number of halogens is 5. The van der Waals surface area contributed by atoms with Crippen molar-refractivity contribution in [1.29, 1.82) is 0 Å². The highest BCUT2D eigenvalue weighted by Crippen LogP contribution is 2.43. The van der Waals surface area contributed by atoms with Gasteiger partial charge in [0.15, 0.2) is 5.69 Å². The van der Waals surface area contributed by atoms with Crippen LogP contribution in [0.2, 0.25) is 0 Å². The van der Waals surface area contributed by atoms with Crippen LogP contribution in [0.15, 0.2) is 10.6 Å². The fourth-order valence-corrected chi connectivity index (χ4v) is 0.583. The monoisotopic (exact) mass is 202 g/mol. The van der Waals surface area contributed by atoms with E-state index in [9.17, 15) is 22.0 Å². The molecule has 0 bridgehead atoms. The van der Waals surface area contributed by atoms with E-state index in [0.29, 0.717) is 6.07 Å². The summed E-state index contributed by atoms with van der Waals surface area (Å²) in [7, 11) is 0. The standard InChI is InChI=1S/C5H3F5N2O/c6-4(7,5(8,9)10)2-1-3(11)13-12-2/h1H,11H2. The minimum Gasteiger partial charge on any atom is -0.368 e. The Morgan fingerprint density at radius 3 is 2.08 bits per heavy atom. The maximum Gasteiger partial charge on any atom is 0.459 e. The molecule has 0 saturated heterocycles. The zero-order valence-corrected chi connectivity index (χ0v) is 5.90. The molecule has 0 aliphatic carbocycles. The number of alkyl halides is 5. The molecule has 0 radical (unpaired) electrons. The molecule has 1 rings (SSSR count). The third kappa shape index (κ3) is 1.56. The van der Waals surface area contributed by atoms with E-state index in [2.05, 4.69) is 9.68 Å². The molecule has 0 saturated carbocycles. The summed E-state index contributed by atoms with van der Waals surface area (Å²) in [6.45, 7) is 0. The molecule has 13 heavy (non-hydrogen) atoms. The third-order valence-corrected chi connectivity index (χ3v) is 1.21. The summed E-state index contributed by atoms with van der Waals surface area (Å²) in [4.78, 5) is 0. The zero-order chi connectivity index (χ0) is 10.3. The summed E-state index contributed by atoms with van der Waals surface area (Å²) in [6, 6.07) is 0.327. The van der Waals surface area contributed by atoms with E-state index >= 15 is 0 Å². The van der Waals surface area contributed by atoms with Crippen molar-refractivity contribution < 1.29 is 26.5 Å². The Labute approximate surface area is 68.3 Å². The molecule has 0 aromatic carbocycles. The maximum atomic E-state index is 12.4. The van der Waals surface area contributed by atoms with Gasteiger partial charge < -0.3 is 10.3 Å². The second kappa shape index (κ2) is 2.57. The lowest BCUT2D eigenvalue weighted by atomic mass is 10.2. The summed E-state index contributed by atoms with van der Waals surface area (Å²) in [5, 5.41) is 2.48. The molecular weight excluding hydrogens is 199 g/mol. The highest BCUT2D eigenvalue weighted by Gasteiger charge is 2.60. The number of nitrogens with two attached hydrogens (primary N) is 1. The molecule has 8 heteroatoms. The Hall–Kier alpha value is -1.34. The normalized spacial score (nSPS) is 13.3. The lowest BCUT2D eigenvalue weighted by Crippen LogP contribution is -2.33. The van der Waals surface area contributed by atoms with Crippen molar-refractivity contribution >= 4 is 5.88 Å². The predicted molar refractivity (Wildman–Crippen MR) is 30.9 cm³/mol. The van der Waals surface area contributed by atoms with E-state index in [0.717, 1.165) is 0 Å². The SMILES string of the molecule is Nc1cc(C(F)(F)C(F)(F)F)no1. The van der Waals surface area contributed by atoms with E-state index in [-0.39, 0.29) is 0 Å². The summed E-state index contributed by atoms with van der Waals surface area (Å²) in [5.41, 5.74) is 3.24. The van der Waals surface area contributed by atoms with Gasteiger partial charge in [0, 0.05) is 6.07 Å². The minimum absolute atomic E-state index is 0.327. The fraction of sp³-hybridized carbons (Fsp3) is 0.400. The van der Waals surface area contributed by atoms with Crippen molar-refractivity contribution in [2.24, 2.45) is 0 Å².